The van der Waals surface area contributed by atoms with Crippen molar-refractivity contribution in [2.75, 3.05) is 30.3 Å². The molecule has 2 atom stereocenters. The van der Waals surface area contributed by atoms with E-state index in [2.05, 4.69) is 31.6 Å². The van der Waals surface area contributed by atoms with Crippen LogP contribution in [-0.4, -0.2) is 46.6 Å². The molecule has 0 saturated carbocycles. The van der Waals surface area contributed by atoms with E-state index in [9.17, 15) is 8.78 Å². The first kappa shape index (κ1) is 16.7. The zero-order valence-corrected chi connectivity index (χ0v) is 14.2. The topological polar surface area (TPSA) is 58.3 Å². The molecule has 0 radical (unpaired) electrons. The fourth-order valence-corrected chi connectivity index (χ4v) is 3.74. The van der Waals surface area contributed by atoms with Gasteiger partial charge in [-0.3, -0.25) is 4.90 Å². The van der Waals surface area contributed by atoms with Crippen molar-refractivity contribution in [2.45, 2.75) is 24.9 Å². The maximum absolute atomic E-state index is 13.7. The number of rotatable bonds is 1. The molecule has 0 unspecified atom stereocenters. The summed E-state index contributed by atoms with van der Waals surface area (Å²) in [6, 6.07) is 3.94. The summed E-state index contributed by atoms with van der Waals surface area (Å²) in [6.07, 6.45) is 5.19. The number of hydrogen-bond donors (Lipinski definition) is 1. The van der Waals surface area contributed by atoms with E-state index >= 15 is 0 Å². The van der Waals surface area contributed by atoms with Crippen LogP contribution < -0.4 is 10.6 Å². The average molecular weight is 355 g/mol. The lowest BCUT2D eigenvalue weighted by Gasteiger charge is -2.39. The molecule has 5 nitrogen and oxygen atoms in total. The molecular weight excluding hydrogens is 336 g/mol. The van der Waals surface area contributed by atoms with E-state index < -0.39 is 11.6 Å². The van der Waals surface area contributed by atoms with Crippen LogP contribution in [0.15, 0.2) is 30.6 Å². The van der Waals surface area contributed by atoms with E-state index in [1.54, 1.807) is 12.4 Å². The van der Waals surface area contributed by atoms with Crippen molar-refractivity contribution in [2.24, 2.45) is 0 Å². The molecule has 0 bridgehead atoms. The quantitative estimate of drug-likeness (QED) is 0.794. The van der Waals surface area contributed by atoms with Crippen LogP contribution in [0.5, 0.6) is 0 Å². The van der Waals surface area contributed by atoms with Gasteiger partial charge in [0, 0.05) is 44.1 Å². The summed E-state index contributed by atoms with van der Waals surface area (Å²) in [5.41, 5.74) is 6.18. The van der Waals surface area contributed by atoms with Gasteiger partial charge >= 0.3 is 0 Å². The fraction of sp³-hybridized carbons (Fsp3) is 0.368. The molecule has 1 aromatic carbocycles. The summed E-state index contributed by atoms with van der Waals surface area (Å²) >= 11 is 0. The van der Waals surface area contributed by atoms with Gasteiger partial charge in [0.15, 0.2) is 11.6 Å². The van der Waals surface area contributed by atoms with Crippen molar-refractivity contribution >= 4 is 11.6 Å². The normalized spacial score (nSPS) is 22.6. The minimum Gasteiger partial charge on any atom is -0.381 e. The largest absolute Gasteiger partial charge is 0.381 e. The van der Waals surface area contributed by atoms with E-state index in [0.29, 0.717) is 11.9 Å². The second-order valence-corrected chi connectivity index (χ2v) is 6.59. The Hall–Kier alpha value is -2.72. The van der Waals surface area contributed by atoms with Crippen LogP contribution >= 0.6 is 0 Å². The van der Waals surface area contributed by atoms with Gasteiger partial charge in [-0.25, -0.2) is 18.7 Å². The molecule has 4 rings (SSSR count). The second-order valence-electron chi connectivity index (χ2n) is 6.59. The Morgan fingerprint density at radius 3 is 2.77 bits per heavy atom. The lowest BCUT2D eigenvalue weighted by atomic mass is 10.1. The van der Waals surface area contributed by atoms with Crippen molar-refractivity contribution in [1.29, 1.82) is 0 Å². The molecule has 2 N–H and O–H groups in total. The number of hydrogen-bond acceptors (Lipinski definition) is 5. The van der Waals surface area contributed by atoms with Crippen LogP contribution in [0, 0.1) is 23.5 Å². The number of anilines is 2. The molecular formula is C19H19F2N5. The zero-order chi connectivity index (χ0) is 18.1. The standard InChI is InChI=1S/C19H19F2N5/c20-14-3-1-13(17(21)11-14)2-4-15-5-6-16-12-25(9-10-26(15)16)19-18(22)23-7-8-24-19/h1,3,7-8,11,15-16H,5-6,9-10,12H2,(H2,22,23)/t15-,16-/m0/s1. The maximum atomic E-state index is 13.7. The SMILES string of the molecule is Nc1nccnc1N1CCN2[C@@H](CC[C@@H]2C#Cc2ccc(F)cc2F)C1. The van der Waals surface area contributed by atoms with Gasteiger partial charge in [-0.1, -0.05) is 11.8 Å². The first-order valence-electron chi connectivity index (χ1n) is 8.65. The monoisotopic (exact) mass is 355 g/mol. The van der Waals surface area contributed by atoms with E-state index in [-0.39, 0.29) is 11.6 Å². The molecule has 1 aromatic heterocycles. The lowest BCUT2D eigenvalue weighted by Crippen LogP contribution is -2.52. The summed E-state index contributed by atoms with van der Waals surface area (Å²) in [5, 5.41) is 0. The van der Waals surface area contributed by atoms with Gasteiger partial charge in [0.1, 0.15) is 11.6 Å². The first-order valence-corrected chi connectivity index (χ1v) is 8.65. The van der Waals surface area contributed by atoms with Crippen molar-refractivity contribution in [1.82, 2.24) is 14.9 Å². The molecule has 0 aliphatic carbocycles. The Morgan fingerprint density at radius 1 is 1.12 bits per heavy atom. The summed E-state index contributed by atoms with van der Waals surface area (Å²) < 4.78 is 26.7. The lowest BCUT2D eigenvalue weighted by molar-refractivity contribution is 0.202. The van der Waals surface area contributed by atoms with Crippen molar-refractivity contribution in [3.63, 3.8) is 0 Å². The summed E-state index contributed by atoms with van der Waals surface area (Å²) in [6.45, 7) is 2.46. The van der Waals surface area contributed by atoms with Gasteiger partial charge in [-0.2, -0.15) is 0 Å². The predicted molar refractivity (Wildman–Crippen MR) is 95.4 cm³/mol. The third kappa shape index (κ3) is 3.20. The minimum absolute atomic E-state index is 0.0887. The average Bonchev–Trinajstić information content (AvgIpc) is 3.04. The van der Waals surface area contributed by atoms with E-state index in [1.807, 2.05) is 0 Å². The van der Waals surface area contributed by atoms with Crippen LogP contribution in [0.1, 0.15) is 18.4 Å². The van der Waals surface area contributed by atoms with Gasteiger partial charge in [0.2, 0.25) is 0 Å². The first-order chi connectivity index (χ1) is 12.6. The smallest absolute Gasteiger partial charge is 0.171 e. The number of nitrogens with two attached hydrogens (primary N) is 1. The number of benzene rings is 1. The zero-order valence-electron chi connectivity index (χ0n) is 14.2. The molecule has 7 heteroatoms. The molecule has 2 aromatic rings. The molecule has 2 aliphatic heterocycles. The molecule has 2 saturated heterocycles. The van der Waals surface area contributed by atoms with Crippen LogP contribution in [0.3, 0.4) is 0 Å². The minimum atomic E-state index is -0.616. The van der Waals surface area contributed by atoms with Crippen molar-refractivity contribution < 1.29 is 8.78 Å². The van der Waals surface area contributed by atoms with Crippen molar-refractivity contribution in [3.05, 3.63) is 47.8 Å². The highest BCUT2D eigenvalue weighted by atomic mass is 19.1. The number of nitrogens with zero attached hydrogens (tertiary/aromatic N) is 4. The highest BCUT2D eigenvalue weighted by molar-refractivity contribution is 5.57. The van der Waals surface area contributed by atoms with E-state index in [1.165, 1.54) is 12.1 Å². The Morgan fingerprint density at radius 2 is 1.96 bits per heavy atom. The highest BCUT2D eigenvalue weighted by Crippen LogP contribution is 2.30. The summed E-state index contributed by atoms with van der Waals surface area (Å²) in [4.78, 5) is 13.0. The van der Waals surface area contributed by atoms with Crippen LogP contribution in [-0.2, 0) is 0 Å². The van der Waals surface area contributed by atoms with Gasteiger partial charge in [0.25, 0.3) is 0 Å². The van der Waals surface area contributed by atoms with Crippen LogP contribution in [0.4, 0.5) is 20.4 Å². The third-order valence-electron chi connectivity index (χ3n) is 5.01. The third-order valence-corrected chi connectivity index (χ3v) is 5.01. The molecule has 134 valence electrons. The summed E-state index contributed by atoms with van der Waals surface area (Å²) in [5.74, 6) is 6.02. The van der Waals surface area contributed by atoms with Crippen LogP contribution in [0.25, 0.3) is 0 Å². The molecule has 26 heavy (non-hydrogen) atoms. The number of aromatic nitrogens is 2. The number of nitrogen functional groups attached to an aromatic ring is 1. The van der Waals surface area contributed by atoms with Gasteiger partial charge < -0.3 is 10.6 Å². The molecule has 0 spiro atoms. The fourth-order valence-electron chi connectivity index (χ4n) is 3.74. The molecule has 2 fully saturated rings. The van der Waals surface area contributed by atoms with Crippen LogP contribution in [0.2, 0.25) is 0 Å². The number of piperazine rings is 1. The van der Waals surface area contributed by atoms with E-state index in [4.69, 9.17) is 5.73 Å². The Balaban J connectivity index is 1.46. The predicted octanol–water partition coefficient (Wildman–Crippen LogP) is 2.04. The number of fused-ring (bicyclic) bond motifs is 1. The van der Waals surface area contributed by atoms with Crippen molar-refractivity contribution in [3.8, 4) is 11.8 Å². The molecule has 0 amide bonds. The Bertz CT molecular complexity index is 876. The van der Waals surface area contributed by atoms with E-state index in [0.717, 1.165) is 44.4 Å². The second kappa shape index (κ2) is 6.89. The maximum Gasteiger partial charge on any atom is 0.171 e. The van der Waals surface area contributed by atoms with Gasteiger partial charge in [-0.15, -0.1) is 0 Å². The summed E-state index contributed by atoms with van der Waals surface area (Å²) in [7, 11) is 0. The molecule has 3 heterocycles. The number of halogens is 2. The Kier molecular flexibility index (Phi) is 4.43. The van der Waals surface area contributed by atoms with Gasteiger partial charge in [-0.05, 0) is 25.0 Å². The Labute approximate surface area is 150 Å². The molecule has 2 aliphatic rings. The highest BCUT2D eigenvalue weighted by Gasteiger charge is 2.37. The van der Waals surface area contributed by atoms with Gasteiger partial charge in [0.05, 0.1) is 11.6 Å².